The Hall–Kier alpha value is -2.66. The summed E-state index contributed by atoms with van der Waals surface area (Å²) in [5.41, 5.74) is 3.06. The summed E-state index contributed by atoms with van der Waals surface area (Å²) < 4.78 is 56.5. The maximum Gasteiger partial charge on any atom is 0.387 e. The first-order valence-electron chi connectivity index (χ1n) is 11.9. The van der Waals surface area contributed by atoms with Crippen molar-refractivity contribution in [1.82, 2.24) is 9.62 Å². The van der Waals surface area contributed by atoms with Crippen LogP contribution in [0.25, 0.3) is 0 Å². The molecule has 0 bridgehead atoms. The maximum atomic E-state index is 13.4. The molecule has 2 aromatic rings. The van der Waals surface area contributed by atoms with Gasteiger partial charge in [0.05, 0.1) is 4.90 Å². The summed E-state index contributed by atoms with van der Waals surface area (Å²) in [4.78, 5) is 13.4. The number of nitrogens with one attached hydrogen (secondary N) is 1. The minimum Gasteiger partial charge on any atom is -0.435 e. The summed E-state index contributed by atoms with van der Waals surface area (Å²) in [6.07, 6.45) is 1.73. The first-order valence-corrected chi connectivity index (χ1v) is 13.3. The van der Waals surface area contributed by atoms with E-state index >= 15 is 0 Å². The summed E-state index contributed by atoms with van der Waals surface area (Å²) in [6, 6.07) is 10.6. The highest BCUT2D eigenvalue weighted by Gasteiger charge is 2.44. The lowest BCUT2D eigenvalue weighted by atomic mass is 9.81. The van der Waals surface area contributed by atoms with E-state index in [-0.39, 0.29) is 29.5 Å². The molecule has 192 valence electrons. The third-order valence-corrected chi connectivity index (χ3v) is 9.22. The van der Waals surface area contributed by atoms with Crippen LogP contribution >= 0.6 is 0 Å². The van der Waals surface area contributed by atoms with Gasteiger partial charge in [0.2, 0.25) is 10.0 Å². The fourth-order valence-electron chi connectivity index (χ4n) is 5.41. The predicted molar refractivity (Wildman–Crippen MR) is 128 cm³/mol. The van der Waals surface area contributed by atoms with Crippen LogP contribution in [-0.4, -0.2) is 49.9 Å². The number of nitrogens with zero attached hydrogens (tertiary/aromatic N) is 1. The second kappa shape index (κ2) is 9.33. The van der Waals surface area contributed by atoms with Crippen molar-refractivity contribution in [2.45, 2.75) is 49.8 Å². The molecule has 5 rings (SSSR count). The summed E-state index contributed by atoms with van der Waals surface area (Å²) in [7, 11) is -3.84. The molecule has 1 unspecified atom stereocenters. The number of alkyl halides is 2. The standard InChI is InChI=1S/C26H28F2N2O5S/c1-26(32,21-3-2-16-8-9-29-13-18(16)12-21)24(31)17-10-19-14-30(15-20(19)11-17)36(33,34)23-6-4-22(5-7-23)35-25(27)28/h2-7,12,17,25,29,32H,8-11,13-15H2,1H3. The number of halogens is 2. The van der Waals surface area contributed by atoms with Gasteiger partial charge in [0.25, 0.3) is 0 Å². The van der Waals surface area contributed by atoms with Gasteiger partial charge < -0.3 is 15.2 Å². The quantitative estimate of drug-likeness (QED) is 0.547. The van der Waals surface area contributed by atoms with Gasteiger partial charge in [-0.2, -0.15) is 13.1 Å². The number of sulfonamides is 1. The first kappa shape index (κ1) is 25.0. The highest BCUT2D eigenvalue weighted by molar-refractivity contribution is 7.89. The van der Waals surface area contributed by atoms with Gasteiger partial charge >= 0.3 is 6.61 Å². The fraction of sp³-hybridized carbons (Fsp3) is 0.423. The Labute approximate surface area is 208 Å². The van der Waals surface area contributed by atoms with Gasteiger partial charge in [-0.25, -0.2) is 8.42 Å². The van der Waals surface area contributed by atoms with Gasteiger partial charge in [-0.1, -0.05) is 29.3 Å². The van der Waals surface area contributed by atoms with E-state index in [0.717, 1.165) is 29.7 Å². The average molecular weight is 519 g/mol. The number of fused-ring (bicyclic) bond motifs is 1. The normalized spacial score (nSPS) is 20.4. The lowest BCUT2D eigenvalue weighted by molar-refractivity contribution is -0.140. The number of Topliss-reactive ketones (excluding diaryl/α,β-unsaturated/α-hetero) is 1. The monoisotopic (exact) mass is 518 g/mol. The summed E-state index contributed by atoms with van der Waals surface area (Å²) in [5, 5.41) is 14.5. The molecule has 0 fully saturated rings. The van der Waals surface area contributed by atoms with Crippen molar-refractivity contribution < 1.29 is 31.8 Å². The molecule has 0 saturated carbocycles. The second-order valence-electron chi connectivity index (χ2n) is 9.78. The van der Waals surface area contributed by atoms with Crippen LogP contribution in [0.5, 0.6) is 5.75 Å². The van der Waals surface area contributed by atoms with Crippen molar-refractivity contribution >= 4 is 15.8 Å². The number of aliphatic hydroxyl groups is 1. The van der Waals surface area contributed by atoms with E-state index in [4.69, 9.17) is 0 Å². The van der Waals surface area contributed by atoms with Crippen molar-refractivity contribution in [3.05, 3.63) is 70.3 Å². The van der Waals surface area contributed by atoms with Crippen molar-refractivity contribution in [2.24, 2.45) is 5.92 Å². The van der Waals surface area contributed by atoms with Crippen LogP contribution in [0, 0.1) is 5.92 Å². The van der Waals surface area contributed by atoms with E-state index in [2.05, 4.69) is 10.1 Å². The summed E-state index contributed by atoms with van der Waals surface area (Å²) >= 11 is 0. The largest absolute Gasteiger partial charge is 0.435 e. The van der Waals surface area contributed by atoms with Crippen LogP contribution < -0.4 is 10.1 Å². The molecule has 2 N–H and O–H groups in total. The van der Waals surface area contributed by atoms with Crippen molar-refractivity contribution in [3.8, 4) is 5.75 Å². The summed E-state index contributed by atoms with van der Waals surface area (Å²) in [6.45, 7) is 0.506. The molecule has 10 heteroatoms. The third-order valence-electron chi connectivity index (χ3n) is 7.41. The first-order chi connectivity index (χ1) is 17.1. The van der Waals surface area contributed by atoms with Gasteiger partial charge in [0, 0.05) is 25.6 Å². The Bertz CT molecular complexity index is 1300. The number of benzene rings is 2. The zero-order valence-corrected chi connectivity index (χ0v) is 20.7. The van der Waals surface area contributed by atoms with E-state index in [1.165, 1.54) is 41.1 Å². The molecule has 0 saturated heterocycles. The highest BCUT2D eigenvalue weighted by Crippen LogP contribution is 2.42. The van der Waals surface area contributed by atoms with Crippen molar-refractivity contribution in [2.75, 3.05) is 19.6 Å². The lowest BCUT2D eigenvalue weighted by Gasteiger charge is -2.28. The Balaban J connectivity index is 1.24. The number of carbonyl (C=O) groups is 1. The molecule has 1 aliphatic carbocycles. The second-order valence-corrected chi connectivity index (χ2v) is 11.7. The zero-order valence-electron chi connectivity index (χ0n) is 19.8. The number of ketones is 1. The van der Waals surface area contributed by atoms with E-state index in [1.807, 2.05) is 18.2 Å². The molecular weight excluding hydrogens is 490 g/mol. The topological polar surface area (TPSA) is 95.9 Å². The van der Waals surface area contributed by atoms with Crippen LogP contribution in [0.1, 0.15) is 36.5 Å². The Morgan fingerprint density at radius 2 is 1.78 bits per heavy atom. The van der Waals surface area contributed by atoms with Crippen LogP contribution in [0.15, 0.2) is 58.5 Å². The molecule has 2 aliphatic heterocycles. The smallest absolute Gasteiger partial charge is 0.387 e. The molecule has 1 atom stereocenters. The zero-order chi connectivity index (χ0) is 25.7. The van der Waals surface area contributed by atoms with Gasteiger partial charge in [-0.05, 0) is 73.7 Å². The Kier molecular flexibility index (Phi) is 6.48. The molecule has 2 aromatic carbocycles. The van der Waals surface area contributed by atoms with Gasteiger partial charge in [-0.15, -0.1) is 0 Å². The third kappa shape index (κ3) is 4.58. The van der Waals surface area contributed by atoms with E-state index in [0.29, 0.717) is 24.9 Å². The molecule has 7 nitrogen and oxygen atoms in total. The number of carbonyl (C=O) groups excluding carboxylic acids is 1. The number of hydrogen-bond acceptors (Lipinski definition) is 6. The van der Waals surface area contributed by atoms with E-state index < -0.39 is 28.2 Å². The van der Waals surface area contributed by atoms with Gasteiger partial charge in [0.1, 0.15) is 11.4 Å². The van der Waals surface area contributed by atoms with Crippen LogP contribution in [0.2, 0.25) is 0 Å². The molecule has 0 radical (unpaired) electrons. The van der Waals surface area contributed by atoms with E-state index in [1.54, 1.807) is 0 Å². The molecule has 0 aromatic heterocycles. The number of ether oxygens (including phenoxy) is 1. The number of hydrogen-bond donors (Lipinski definition) is 2. The summed E-state index contributed by atoms with van der Waals surface area (Å²) in [5.74, 6) is -0.783. The van der Waals surface area contributed by atoms with Crippen molar-refractivity contribution in [3.63, 3.8) is 0 Å². The molecule has 0 spiro atoms. The van der Waals surface area contributed by atoms with Gasteiger partial charge in [-0.3, -0.25) is 4.79 Å². The Morgan fingerprint density at radius 1 is 1.11 bits per heavy atom. The maximum absolute atomic E-state index is 13.4. The molecular formula is C26H28F2N2O5S. The SMILES string of the molecule is CC(O)(C(=O)C1CC2=C(C1)CN(S(=O)(=O)c1ccc(OC(F)F)cc1)C2)c1ccc2c(c1)CNCC2. The highest BCUT2D eigenvalue weighted by atomic mass is 32.2. The lowest BCUT2D eigenvalue weighted by Crippen LogP contribution is -2.38. The molecule has 36 heavy (non-hydrogen) atoms. The fourth-order valence-corrected chi connectivity index (χ4v) is 6.84. The van der Waals surface area contributed by atoms with E-state index in [9.17, 15) is 27.1 Å². The van der Waals surface area contributed by atoms with Crippen LogP contribution in [-0.2, 0) is 33.4 Å². The average Bonchev–Trinajstić information content (AvgIpc) is 3.43. The minimum atomic E-state index is -3.84. The predicted octanol–water partition coefficient (Wildman–Crippen LogP) is 3.12. The van der Waals surface area contributed by atoms with Crippen LogP contribution in [0.3, 0.4) is 0 Å². The van der Waals surface area contributed by atoms with Gasteiger partial charge in [0.15, 0.2) is 5.78 Å². The molecule has 0 amide bonds. The van der Waals surface area contributed by atoms with Crippen molar-refractivity contribution in [1.29, 1.82) is 0 Å². The Morgan fingerprint density at radius 3 is 2.42 bits per heavy atom. The number of rotatable bonds is 7. The molecule has 2 heterocycles. The van der Waals surface area contributed by atoms with Crippen LogP contribution in [0.4, 0.5) is 8.78 Å². The minimum absolute atomic E-state index is 0.0113. The molecule has 3 aliphatic rings.